The lowest BCUT2D eigenvalue weighted by Crippen LogP contribution is -2.33. The smallest absolute Gasteiger partial charge is 0.317 e. The van der Waals surface area contributed by atoms with Crippen molar-refractivity contribution in [2.75, 3.05) is 13.1 Å². The molecule has 0 aliphatic carbocycles. The van der Waals surface area contributed by atoms with Crippen molar-refractivity contribution < 1.29 is 0 Å². The van der Waals surface area contributed by atoms with Gasteiger partial charge in [-0.2, -0.15) is 0 Å². The maximum absolute atomic E-state index is 12.2. The van der Waals surface area contributed by atoms with Gasteiger partial charge in [0, 0.05) is 6.04 Å². The first-order valence-electron chi connectivity index (χ1n) is 7.11. The average Bonchev–Trinajstić information content (AvgIpc) is 2.74. The molecule has 1 fully saturated rings. The molecule has 0 spiro atoms. The van der Waals surface area contributed by atoms with Crippen LogP contribution < -0.4 is 11.0 Å². The van der Waals surface area contributed by atoms with Gasteiger partial charge in [0.15, 0.2) is 0 Å². The Bertz CT molecular complexity index is 638. The van der Waals surface area contributed by atoms with Crippen LogP contribution in [-0.4, -0.2) is 22.6 Å². The van der Waals surface area contributed by atoms with E-state index < -0.39 is 0 Å². The number of nitrogens with one attached hydrogen (secondary N) is 2. The predicted molar refractivity (Wildman–Crippen MR) is 85.0 cm³/mol. The molecule has 3 rings (SSSR count). The molecule has 0 saturated carbocycles. The zero-order valence-electron chi connectivity index (χ0n) is 12.0. The molecule has 2 heterocycles. The highest BCUT2D eigenvalue weighted by Crippen LogP contribution is 2.24. The molecule has 0 bridgehead atoms. The average molecular weight is 296 g/mol. The largest absolute Gasteiger partial charge is 0.326 e. The highest BCUT2D eigenvalue weighted by Gasteiger charge is 2.19. The zero-order valence-corrected chi connectivity index (χ0v) is 12.8. The van der Waals surface area contributed by atoms with Gasteiger partial charge in [-0.1, -0.05) is 19.9 Å². The molecule has 1 aliphatic rings. The third-order valence-corrected chi connectivity index (χ3v) is 4.08. The van der Waals surface area contributed by atoms with Crippen molar-refractivity contribution in [2.45, 2.75) is 38.6 Å². The van der Waals surface area contributed by atoms with Crippen LogP contribution in [0.3, 0.4) is 0 Å². The Morgan fingerprint density at radius 1 is 1.25 bits per heavy atom. The number of nitrogens with zero attached hydrogens (tertiary/aromatic N) is 1. The Morgan fingerprint density at radius 3 is 2.60 bits per heavy atom. The fourth-order valence-electron chi connectivity index (χ4n) is 2.93. The molecule has 110 valence electrons. The number of rotatable bonds is 2. The van der Waals surface area contributed by atoms with E-state index in [9.17, 15) is 4.79 Å². The number of hydrogen-bond acceptors (Lipinski definition) is 2. The molecule has 1 aromatic carbocycles. The second kappa shape index (κ2) is 6.02. The Labute approximate surface area is 125 Å². The van der Waals surface area contributed by atoms with Gasteiger partial charge >= 0.3 is 5.69 Å². The van der Waals surface area contributed by atoms with E-state index in [-0.39, 0.29) is 18.1 Å². The minimum atomic E-state index is 0. The number of aromatic amines is 1. The van der Waals surface area contributed by atoms with Crippen LogP contribution in [0.4, 0.5) is 0 Å². The van der Waals surface area contributed by atoms with Crippen molar-refractivity contribution in [3.8, 4) is 0 Å². The van der Waals surface area contributed by atoms with Crippen molar-refractivity contribution in [1.29, 1.82) is 0 Å². The highest BCUT2D eigenvalue weighted by molar-refractivity contribution is 5.85. The third-order valence-electron chi connectivity index (χ3n) is 4.08. The summed E-state index contributed by atoms with van der Waals surface area (Å²) in [4.78, 5) is 15.2. The summed E-state index contributed by atoms with van der Waals surface area (Å²) in [6.45, 7) is 6.35. The standard InChI is InChI=1S/C15H21N3O.ClH/c1-10(2)11-3-4-13-14(9-11)18(15(19)17-13)12-5-7-16-8-6-12;/h3-4,9-10,12,16H,5-8H2,1-2H3,(H,17,19);1H. The van der Waals surface area contributed by atoms with Gasteiger partial charge in [0.05, 0.1) is 11.0 Å². The molecule has 0 amide bonds. The number of H-pyrrole nitrogens is 1. The second-order valence-corrected chi connectivity index (χ2v) is 5.71. The van der Waals surface area contributed by atoms with E-state index in [1.54, 1.807) is 0 Å². The lowest BCUT2D eigenvalue weighted by molar-refractivity contribution is 0.368. The quantitative estimate of drug-likeness (QED) is 0.895. The SMILES string of the molecule is CC(C)c1ccc2[nH]c(=O)n(C3CCNCC3)c2c1.Cl. The van der Waals surface area contributed by atoms with Crippen LogP contribution >= 0.6 is 12.4 Å². The number of halogens is 1. The minimum Gasteiger partial charge on any atom is -0.317 e. The van der Waals surface area contributed by atoms with Crippen LogP contribution in [0.25, 0.3) is 11.0 Å². The monoisotopic (exact) mass is 295 g/mol. The molecule has 1 aromatic heterocycles. The Hall–Kier alpha value is -1.26. The van der Waals surface area contributed by atoms with Crippen LogP contribution in [0.5, 0.6) is 0 Å². The predicted octanol–water partition coefficient (Wildman–Crippen LogP) is 2.80. The number of fused-ring (bicyclic) bond motifs is 1. The van der Waals surface area contributed by atoms with Gasteiger partial charge < -0.3 is 10.3 Å². The van der Waals surface area contributed by atoms with E-state index in [4.69, 9.17) is 0 Å². The van der Waals surface area contributed by atoms with Gasteiger partial charge in [-0.25, -0.2) is 4.79 Å². The zero-order chi connectivity index (χ0) is 13.4. The second-order valence-electron chi connectivity index (χ2n) is 5.71. The Morgan fingerprint density at radius 2 is 1.95 bits per heavy atom. The van der Waals surface area contributed by atoms with E-state index in [1.165, 1.54) is 5.56 Å². The summed E-state index contributed by atoms with van der Waals surface area (Å²) < 4.78 is 1.96. The van der Waals surface area contributed by atoms with E-state index in [1.807, 2.05) is 10.6 Å². The summed E-state index contributed by atoms with van der Waals surface area (Å²) >= 11 is 0. The Kier molecular flexibility index (Phi) is 4.55. The normalized spacial score (nSPS) is 16.6. The Balaban J connectivity index is 0.00000147. The maximum Gasteiger partial charge on any atom is 0.326 e. The van der Waals surface area contributed by atoms with Crippen LogP contribution in [0.2, 0.25) is 0 Å². The summed E-state index contributed by atoms with van der Waals surface area (Å²) in [5.74, 6) is 0.482. The van der Waals surface area contributed by atoms with E-state index in [2.05, 4.69) is 36.3 Å². The van der Waals surface area contributed by atoms with Crippen molar-refractivity contribution in [1.82, 2.24) is 14.9 Å². The van der Waals surface area contributed by atoms with Crippen LogP contribution in [0, 0.1) is 0 Å². The lowest BCUT2D eigenvalue weighted by Gasteiger charge is -2.24. The summed E-state index contributed by atoms with van der Waals surface area (Å²) in [7, 11) is 0. The number of benzene rings is 1. The molecule has 0 unspecified atom stereocenters. The molecule has 0 radical (unpaired) electrons. The molecular formula is C15H22ClN3O. The van der Waals surface area contributed by atoms with E-state index in [0.29, 0.717) is 12.0 Å². The molecule has 20 heavy (non-hydrogen) atoms. The summed E-state index contributed by atoms with van der Waals surface area (Å²) in [5, 5.41) is 3.35. The first-order chi connectivity index (χ1) is 9.16. The topological polar surface area (TPSA) is 49.8 Å². The summed E-state index contributed by atoms with van der Waals surface area (Å²) in [5.41, 5.74) is 3.33. The molecule has 5 heteroatoms. The summed E-state index contributed by atoms with van der Waals surface area (Å²) in [6, 6.07) is 6.63. The molecule has 0 atom stereocenters. The molecule has 2 N–H and O–H groups in total. The van der Waals surface area contributed by atoms with Gasteiger partial charge in [-0.3, -0.25) is 4.57 Å². The van der Waals surface area contributed by atoms with Gasteiger partial charge in [0.25, 0.3) is 0 Å². The third kappa shape index (κ3) is 2.63. The fraction of sp³-hybridized carbons (Fsp3) is 0.533. The highest BCUT2D eigenvalue weighted by atomic mass is 35.5. The lowest BCUT2D eigenvalue weighted by atomic mass is 10.0. The van der Waals surface area contributed by atoms with E-state index in [0.717, 1.165) is 37.0 Å². The van der Waals surface area contributed by atoms with Gasteiger partial charge in [-0.05, 0) is 49.5 Å². The first-order valence-corrected chi connectivity index (χ1v) is 7.11. The summed E-state index contributed by atoms with van der Waals surface area (Å²) in [6.07, 6.45) is 2.05. The maximum atomic E-state index is 12.2. The van der Waals surface area contributed by atoms with Crippen LogP contribution in [-0.2, 0) is 0 Å². The molecule has 2 aromatic rings. The first kappa shape index (κ1) is 15.1. The minimum absolute atomic E-state index is 0. The number of imidazole rings is 1. The van der Waals surface area contributed by atoms with Crippen molar-refractivity contribution in [3.05, 3.63) is 34.2 Å². The number of piperidine rings is 1. The van der Waals surface area contributed by atoms with Gasteiger partial charge in [0.1, 0.15) is 0 Å². The molecule has 1 aliphatic heterocycles. The van der Waals surface area contributed by atoms with Crippen molar-refractivity contribution in [3.63, 3.8) is 0 Å². The molecular weight excluding hydrogens is 274 g/mol. The van der Waals surface area contributed by atoms with E-state index >= 15 is 0 Å². The van der Waals surface area contributed by atoms with Crippen LogP contribution in [0.1, 0.15) is 44.2 Å². The van der Waals surface area contributed by atoms with Crippen LogP contribution in [0.15, 0.2) is 23.0 Å². The molecule has 4 nitrogen and oxygen atoms in total. The molecule has 1 saturated heterocycles. The fourth-order valence-corrected chi connectivity index (χ4v) is 2.93. The van der Waals surface area contributed by atoms with Crippen molar-refractivity contribution in [2.24, 2.45) is 0 Å². The van der Waals surface area contributed by atoms with Gasteiger partial charge in [-0.15, -0.1) is 12.4 Å². The number of hydrogen-bond donors (Lipinski definition) is 2. The van der Waals surface area contributed by atoms with Gasteiger partial charge in [0.2, 0.25) is 0 Å². The van der Waals surface area contributed by atoms with Crippen molar-refractivity contribution >= 4 is 23.4 Å². The number of aromatic nitrogens is 2.